The summed E-state index contributed by atoms with van der Waals surface area (Å²) in [6.07, 6.45) is 1.81. The number of aromatic nitrogens is 2. The summed E-state index contributed by atoms with van der Waals surface area (Å²) in [6.45, 7) is 3.98. The highest BCUT2D eigenvalue weighted by Gasteiger charge is 2.38. The minimum Gasteiger partial charge on any atom is -0.481 e. The van der Waals surface area contributed by atoms with E-state index in [2.05, 4.69) is 5.10 Å². The quantitative estimate of drug-likeness (QED) is 0.609. The predicted molar refractivity (Wildman–Crippen MR) is 76.6 cm³/mol. The second-order valence-corrected chi connectivity index (χ2v) is 5.66. The molecule has 1 aromatic heterocycles. The zero-order valence-electron chi connectivity index (χ0n) is 12.4. The van der Waals surface area contributed by atoms with Crippen molar-refractivity contribution < 1.29 is 14.8 Å². The van der Waals surface area contributed by atoms with Gasteiger partial charge in [0.2, 0.25) is 5.82 Å². The van der Waals surface area contributed by atoms with Crippen LogP contribution in [0.15, 0.2) is 0 Å². The molecule has 0 saturated heterocycles. The fraction of sp³-hybridized carbons (Fsp3) is 0.692. The predicted octanol–water partition coefficient (Wildman–Crippen LogP) is 1.90. The molecule has 116 valence electrons. The van der Waals surface area contributed by atoms with Gasteiger partial charge < -0.3 is 10.0 Å². The number of aliphatic carboxylic acids is 1. The Morgan fingerprint density at radius 3 is 2.62 bits per heavy atom. The monoisotopic (exact) mass is 296 g/mol. The maximum atomic E-state index is 11.5. The lowest BCUT2D eigenvalue weighted by atomic mass is 10.1. The number of anilines is 1. The number of hydrogen-bond acceptors (Lipinski definition) is 5. The minimum absolute atomic E-state index is 0.00443. The van der Waals surface area contributed by atoms with Crippen LogP contribution in [0.2, 0.25) is 0 Å². The Balaban J connectivity index is 2.43. The number of rotatable bonds is 7. The van der Waals surface area contributed by atoms with Gasteiger partial charge in [-0.2, -0.15) is 5.10 Å². The summed E-state index contributed by atoms with van der Waals surface area (Å²) < 4.78 is 1.51. The van der Waals surface area contributed by atoms with Crippen LogP contribution in [-0.4, -0.2) is 38.4 Å². The van der Waals surface area contributed by atoms with E-state index in [9.17, 15) is 14.9 Å². The molecule has 0 aliphatic heterocycles. The topological polar surface area (TPSA) is 102 Å². The Kier molecular flexibility index (Phi) is 4.15. The van der Waals surface area contributed by atoms with Crippen LogP contribution < -0.4 is 4.90 Å². The largest absolute Gasteiger partial charge is 0.481 e. The molecule has 1 aliphatic rings. The molecular formula is C13H20N4O4. The molecule has 0 bridgehead atoms. The minimum atomic E-state index is -0.908. The van der Waals surface area contributed by atoms with Gasteiger partial charge in [0.1, 0.15) is 5.69 Å². The van der Waals surface area contributed by atoms with Gasteiger partial charge in [-0.3, -0.25) is 14.9 Å². The van der Waals surface area contributed by atoms with Crippen molar-refractivity contribution in [2.45, 2.75) is 45.1 Å². The highest BCUT2D eigenvalue weighted by atomic mass is 16.6. The van der Waals surface area contributed by atoms with Crippen molar-refractivity contribution in [3.05, 3.63) is 15.8 Å². The molecular weight excluding hydrogens is 276 g/mol. The lowest BCUT2D eigenvalue weighted by molar-refractivity contribution is -0.385. The summed E-state index contributed by atoms with van der Waals surface area (Å²) in [7, 11) is 1.67. The number of carbonyl (C=O) groups is 1. The number of carboxylic acids is 1. The van der Waals surface area contributed by atoms with Crippen molar-refractivity contribution in [3.63, 3.8) is 0 Å². The first kappa shape index (κ1) is 15.3. The molecule has 0 unspecified atom stereocenters. The fourth-order valence-electron chi connectivity index (χ4n) is 2.47. The van der Waals surface area contributed by atoms with E-state index in [0.717, 1.165) is 12.8 Å². The molecule has 1 fully saturated rings. The highest BCUT2D eigenvalue weighted by Crippen LogP contribution is 2.40. The van der Waals surface area contributed by atoms with Crippen LogP contribution in [0.4, 0.5) is 11.5 Å². The van der Waals surface area contributed by atoms with Gasteiger partial charge in [-0.25, -0.2) is 4.68 Å². The van der Waals surface area contributed by atoms with Gasteiger partial charge in [-0.1, -0.05) is 13.8 Å². The van der Waals surface area contributed by atoms with Crippen molar-refractivity contribution in [2.24, 2.45) is 7.05 Å². The summed E-state index contributed by atoms with van der Waals surface area (Å²) in [5.41, 5.74) is 0.447. The molecule has 2 rings (SSSR count). The first-order valence-corrected chi connectivity index (χ1v) is 7.02. The third kappa shape index (κ3) is 3.14. The van der Waals surface area contributed by atoms with Gasteiger partial charge in [-0.15, -0.1) is 0 Å². The standard InChI is InChI=1S/C13H20N4O4/c1-8(2)11-12(17(20)21)13(15(3)14-11)16(9-4-5-9)7-6-10(18)19/h8-9H,4-7H2,1-3H3,(H,18,19). The molecule has 0 amide bonds. The third-order valence-electron chi connectivity index (χ3n) is 3.57. The van der Waals surface area contributed by atoms with Crippen molar-refractivity contribution in [2.75, 3.05) is 11.4 Å². The van der Waals surface area contributed by atoms with Gasteiger partial charge in [0.05, 0.1) is 11.3 Å². The number of carboxylic acid groups (broad SMARTS) is 1. The van der Waals surface area contributed by atoms with E-state index < -0.39 is 10.9 Å². The molecule has 8 heteroatoms. The van der Waals surface area contributed by atoms with Crippen LogP contribution >= 0.6 is 0 Å². The zero-order valence-corrected chi connectivity index (χ0v) is 12.4. The number of nitrogens with zero attached hydrogens (tertiary/aromatic N) is 4. The molecule has 1 aromatic rings. The Labute approximate surface area is 122 Å². The van der Waals surface area contributed by atoms with E-state index >= 15 is 0 Å². The van der Waals surface area contributed by atoms with Crippen molar-refractivity contribution in [1.82, 2.24) is 9.78 Å². The lowest BCUT2D eigenvalue weighted by Gasteiger charge is -2.22. The molecule has 1 heterocycles. The number of hydrogen-bond donors (Lipinski definition) is 1. The lowest BCUT2D eigenvalue weighted by Crippen LogP contribution is -2.30. The second-order valence-electron chi connectivity index (χ2n) is 5.66. The molecule has 21 heavy (non-hydrogen) atoms. The smallest absolute Gasteiger partial charge is 0.334 e. The van der Waals surface area contributed by atoms with Gasteiger partial charge in [0.25, 0.3) is 0 Å². The average molecular weight is 296 g/mol. The van der Waals surface area contributed by atoms with Crippen LogP contribution in [-0.2, 0) is 11.8 Å². The molecule has 1 N–H and O–H groups in total. The SMILES string of the molecule is CC(C)c1nn(C)c(N(CCC(=O)O)C2CC2)c1[N+](=O)[O-]. The van der Waals surface area contributed by atoms with Crippen LogP contribution in [0.5, 0.6) is 0 Å². The molecule has 1 aliphatic carbocycles. The van der Waals surface area contributed by atoms with Crippen LogP contribution in [0, 0.1) is 10.1 Å². The van der Waals surface area contributed by atoms with E-state index in [1.807, 2.05) is 18.7 Å². The van der Waals surface area contributed by atoms with Gasteiger partial charge in [0.15, 0.2) is 0 Å². The Morgan fingerprint density at radius 2 is 2.19 bits per heavy atom. The van der Waals surface area contributed by atoms with Gasteiger partial charge >= 0.3 is 11.7 Å². The molecule has 0 aromatic carbocycles. The van der Waals surface area contributed by atoms with E-state index in [-0.39, 0.29) is 30.6 Å². The maximum Gasteiger partial charge on any atom is 0.334 e. The molecule has 0 spiro atoms. The van der Waals surface area contributed by atoms with Crippen molar-refractivity contribution in [1.29, 1.82) is 0 Å². The molecule has 1 saturated carbocycles. The number of nitro groups is 1. The molecule has 0 atom stereocenters. The Hall–Kier alpha value is -2.12. The third-order valence-corrected chi connectivity index (χ3v) is 3.57. The normalized spacial score (nSPS) is 14.5. The first-order valence-electron chi connectivity index (χ1n) is 7.02. The Morgan fingerprint density at radius 1 is 1.57 bits per heavy atom. The second kappa shape index (κ2) is 5.71. The summed E-state index contributed by atoms with van der Waals surface area (Å²) >= 11 is 0. The van der Waals surface area contributed by atoms with Crippen molar-refractivity contribution >= 4 is 17.5 Å². The Bertz CT molecular complexity index is 563. The van der Waals surface area contributed by atoms with E-state index in [1.54, 1.807) is 7.05 Å². The van der Waals surface area contributed by atoms with E-state index in [0.29, 0.717) is 11.5 Å². The summed E-state index contributed by atoms with van der Waals surface area (Å²) in [4.78, 5) is 23.7. The first-order chi connectivity index (χ1) is 9.82. The fourth-order valence-corrected chi connectivity index (χ4v) is 2.47. The molecule has 8 nitrogen and oxygen atoms in total. The van der Waals surface area contributed by atoms with E-state index in [4.69, 9.17) is 5.11 Å². The summed E-state index contributed by atoms with van der Waals surface area (Å²) in [5, 5.41) is 24.6. The maximum absolute atomic E-state index is 11.5. The zero-order chi connectivity index (χ0) is 15.7. The van der Waals surface area contributed by atoms with Crippen LogP contribution in [0.3, 0.4) is 0 Å². The van der Waals surface area contributed by atoms with Crippen LogP contribution in [0.25, 0.3) is 0 Å². The summed E-state index contributed by atoms with van der Waals surface area (Å²) in [5.74, 6) is -0.548. The van der Waals surface area contributed by atoms with Crippen LogP contribution in [0.1, 0.15) is 44.7 Å². The van der Waals surface area contributed by atoms with Gasteiger partial charge in [-0.05, 0) is 12.8 Å². The number of aryl methyl sites for hydroxylation is 1. The van der Waals surface area contributed by atoms with Crippen molar-refractivity contribution in [3.8, 4) is 0 Å². The van der Waals surface area contributed by atoms with Gasteiger partial charge in [0, 0.05) is 25.6 Å². The van der Waals surface area contributed by atoms with E-state index in [1.165, 1.54) is 4.68 Å². The summed E-state index contributed by atoms with van der Waals surface area (Å²) in [6, 6.07) is 0.179. The highest BCUT2D eigenvalue weighted by molar-refractivity contribution is 5.69. The molecule has 0 radical (unpaired) electrons. The average Bonchev–Trinajstić information content (AvgIpc) is 3.13.